The summed E-state index contributed by atoms with van der Waals surface area (Å²) in [5.41, 5.74) is 0.897. The molecule has 0 amide bonds. The van der Waals surface area contributed by atoms with E-state index in [9.17, 15) is 4.39 Å². The maximum atomic E-state index is 13.2. The van der Waals surface area contributed by atoms with Crippen LogP contribution in [-0.2, 0) is 11.3 Å². The van der Waals surface area contributed by atoms with Gasteiger partial charge in [-0.15, -0.1) is 0 Å². The summed E-state index contributed by atoms with van der Waals surface area (Å²) in [6.07, 6.45) is 2.51. The summed E-state index contributed by atoms with van der Waals surface area (Å²) in [6.45, 7) is 5.07. The Morgan fingerprint density at radius 1 is 1.61 bits per heavy atom. The molecule has 1 fully saturated rings. The molecule has 18 heavy (non-hydrogen) atoms. The lowest BCUT2D eigenvalue weighted by molar-refractivity contribution is 0.0381. The van der Waals surface area contributed by atoms with Gasteiger partial charge in [0.15, 0.2) is 0 Å². The number of anilines is 1. The molecule has 0 saturated carbocycles. The summed E-state index contributed by atoms with van der Waals surface area (Å²) >= 11 is 0. The Labute approximate surface area is 107 Å². The van der Waals surface area contributed by atoms with Gasteiger partial charge in [-0.05, 0) is 19.5 Å². The maximum Gasteiger partial charge on any atom is 0.141 e. The fourth-order valence-corrected chi connectivity index (χ4v) is 2.24. The molecule has 0 bridgehead atoms. The quantitative estimate of drug-likeness (QED) is 0.883. The van der Waals surface area contributed by atoms with E-state index in [1.54, 1.807) is 6.07 Å². The molecule has 5 heteroatoms. The predicted molar refractivity (Wildman–Crippen MR) is 69.2 cm³/mol. The number of nitrogens with zero attached hydrogens (tertiary/aromatic N) is 2. The standard InChI is InChI=1S/C13H20FN3O/c1-3-12-9-17(4-5-18-12)13-10(7-15-2)6-11(14)8-16-13/h6,8,12,15H,3-5,7,9H2,1-2H3. The van der Waals surface area contributed by atoms with Gasteiger partial charge in [-0.3, -0.25) is 0 Å². The highest BCUT2D eigenvalue weighted by Gasteiger charge is 2.22. The van der Waals surface area contributed by atoms with Crippen LogP contribution in [0.2, 0.25) is 0 Å². The topological polar surface area (TPSA) is 37.4 Å². The van der Waals surface area contributed by atoms with Crippen molar-refractivity contribution in [3.05, 3.63) is 23.6 Å². The number of hydrogen-bond donors (Lipinski definition) is 1. The highest BCUT2D eigenvalue weighted by molar-refractivity contribution is 5.47. The first-order chi connectivity index (χ1) is 8.74. The van der Waals surface area contributed by atoms with Crippen LogP contribution in [0.5, 0.6) is 0 Å². The Morgan fingerprint density at radius 2 is 2.44 bits per heavy atom. The van der Waals surface area contributed by atoms with Crippen LogP contribution in [-0.4, -0.2) is 37.8 Å². The lowest BCUT2D eigenvalue weighted by Gasteiger charge is -2.34. The molecule has 2 heterocycles. The van der Waals surface area contributed by atoms with Crippen LogP contribution in [0.25, 0.3) is 0 Å². The van der Waals surface area contributed by atoms with Gasteiger partial charge < -0.3 is 15.0 Å². The van der Waals surface area contributed by atoms with Gasteiger partial charge >= 0.3 is 0 Å². The Kier molecular flexibility index (Phi) is 4.49. The number of pyridine rings is 1. The van der Waals surface area contributed by atoms with Crippen molar-refractivity contribution in [1.29, 1.82) is 0 Å². The molecule has 1 N–H and O–H groups in total. The first-order valence-corrected chi connectivity index (χ1v) is 6.40. The van der Waals surface area contributed by atoms with Crippen molar-refractivity contribution < 1.29 is 9.13 Å². The molecule has 2 rings (SSSR count). The van der Waals surface area contributed by atoms with Crippen molar-refractivity contribution in [3.63, 3.8) is 0 Å². The minimum absolute atomic E-state index is 0.244. The first kappa shape index (κ1) is 13.2. The molecule has 1 aromatic heterocycles. The summed E-state index contributed by atoms with van der Waals surface area (Å²) in [7, 11) is 1.85. The molecular formula is C13H20FN3O. The van der Waals surface area contributed by atoms with E-state index in [-0.39, 0.29) is 11.9 Å². The van der Waals surface area contributed by atoms with Gasteiger partial charge in [0, 0.05) is 25.2 Å². The second kappa shape index (κ2) is 6.11. The molecule has 1 aromatic rings. The van der Waals surface area contributed by atoms with Gasteiger partial charge in [0.1, 0.15) is 11.6 Å². The summed E-state index contributed by atoms with van der Waals surface area (Å²) in [5, 5.41) is 3.05. The third kappa shape index (κ3) is 2.97. The smallest absolute Gasteiger partial charge is 0.141 e. The van der Waals surface area contributed by atoms with E-state index in [1.165, 1.54) is 6.20 Å². The monoisotopic (exact) mass is 253 g/mol. The molecule has 0 aliphatic carbocycles. The van der Waals surface area contributed by atoms with E-state index >= 15 is 0 Å². The van der Waals surface area contributed by atoms with Crippen LogP contribution in [0.15, 0.2) is 12.3 Å². The van der Waals surface area contributed by atoms with Gasteiger partial charge in [0.2, 0.25) is 0 Å². The second-order valence-electron chi connectivity index (χ2n) is 4.51. The zero-order valence-electron chi connectivity index (χ0n) is 10.9. The number of ether oxygens (including phenoxy) is 1. The van der Waals surface area contributed by atoms with E-state index in [1.807, 2.05) is 7.05 Å². The third-order valence-corrected chi connectivity index (χ3v) is 3.17. The average molecular weight is 253 g/mol. The van der Waals surface area contributed by atoms with E-state index in [0.717, 1.165) is 30.9 Å². The number of rotatable bonds is 4. The highest BCUT2D eigenvalue weighted by atomic mass is 19.1. The van der Waals surface area contributed by atoms with Crippen LogP contribution in [0.3, 0.4) is 0 Å². The number of halogens is 1. The lowest BCUT2D eigenvalue weighted by atomic mass is 10.2. The van der Waals surface area contributed by atoms with Crippen LogP contribution < -0.4 is 10.2 Å². The van der Waals surface area contributed by atoms with Crippen LogP contribution in [0.4, 0.5) is 10.2 Å². The Balaban J connectivity index is 2.20. The SMILES string of the molecule is CCC1CN(c2ncc(F)cc2CNC)CCO1. The van der Waals surface area contributed by atoms with Crippen molar-refractivity contribution in [2.24, 2.45) is 0 Å². The first-order valence-electron chi connectivity index (χ1n) is 6.40. The minimum Gasteiger partial charge on any atom is -0.375 e. The minimum atomic E-state index is -0.288. The van der Waals surface area contributed by atoms with Gasteiger partial charge in [-0.2, -0.15) is 0 Å². The fraction of sp³-hybridized carbons (Fsp3) is 0.615. The van der Waals surface area contributed by atoms with Crippen molar-refractivity contribution >= 4 is 5.82 Å². The zero-order chi connectivity index (χ0) is 13.0. The molecule has 1 aliphatic rings. The molecule has 100 valence electrons. The summed E-state index contributed by atoms with van der Waals surface area (Å²) in [6, 6.07) is 1.55. The van der Waals surface area contributed by atoms with E-state index < -0.39 is 0 Å². The van der Waals surface area contributed by atoms with Gasteiger partial charge in [-0.1, -0.05) is 6.92 Å². The van der Waals surface area contributed by atoms with E-state index in [0.29, 0.717) is 13.2 Å². The lowest BCUT2D eigenvalue weighted by Crippen LogP contribution is -2.43. The zero-order valence-corrected chi connectivity index (χ0v) is 10.9. The summed E-state index contributed by atoms with van der Waals surface area (Å²) in [5.74, 6) is 0.580. The van der Waals surface area contributed by atoms with Crippen LogP contribution in [0.1, 0.15) is 18.9 Å². The number of aromatic nitrogens is 1. The van der Waals surface area contributed by atoms with Gasteiger partial charge in [0.25, 0.3) is 0 Å². The fourth-order valence-electron chi connectivity index (χ4n) is 2.24. The van der Waals surface area contributed by atoms with Crippen LogP contribution >= 0.6 is 0 Å². The predicted octanol–water partition coefficient (Wildman–Crippen LogP) is 1.56. The Bertz CT molecular complexity index is 400. The molecule has 1 atom stereocenters. The van der Waals surface area contributed by atoms with Crippen molar-refractivity contribution in [2.45, 2.75) is 26.0 Å². The highest BCUT2D eigenvalue weighted by Crippen LogP contribution is 2.21. The molecule has 0 spiro atoms. The molecule has 1 saturated heterocycles. The largest absolute Gasteiger partial charge is 0.375 e. The van der Waals surface area contributed by atoms with Crippen molar-refractivity contribution in [1.82, 2.24) is 10.3 Å². The molecular weight excluding hydrogens is 233 g/mol. The van der Waals surface area contributed by atoms with Gasteiger partial charge in [0.05, 0.1) is 18.9 Å². The summed E-state index contributed by atoms with van der Waals surface area (Å²) in [4.78, 5) is 6.43. The van der Waals surface area contributed by atoms with Crippen molar-refractivity contribution in [2.75, 3.05) is 31.6 Å². The molecule has 1 aliphatic heterocycles. The summed E-state index contributed by atoms with van der Waals surface area (Å²) < 4.78 is 18.9. The van der Waals surface area contributed by atoms with Crippen molar-refractivity contribution in [3.8, 4) is 0 Å². The van der Waals surface area contributed by atoms with E-state index in [4.69, 9.17) is 4.74 Å². The van der Waals surface area contributed by atoms with Crippen LogP contribution in [0, 0.1) is 5.82 Å². The third-order valence-electron chi connectivity index (χ3n) is 3.17. The molecule has 4 nitrogen and oxygen atoms in total. The molecule has 1 unspecified atom stereocenters. The van der Waals surface area contributed by atoms with E-state index in [2.05, 4.69) is 22.1 Å². The second-order valence-corrected chi connectivity index (χ2v) is 4.51. The number of hydrogen-bond acceptors (Lipinski definition) is 4. The molecule has 0 radical (unpaired) electrons. The number of morpholine rings is 1. The number of nitrogens with one attached hydrogen (secondary N) is 1. The maximum absolute atomic E-state index is 13.2. The van der Waals surface area contributed by atoms with Gasteiger partial charge in [-0.25, -0.2) is 9.37 Å². The molecule has 0 aromatic carbocycles. The normalized spacial score (nSPS) is 20.2. The Hall–Kier alpha value is -1.20. The average Bonchev–Trinajstić information content (AvgIpc) is 2.39. The Morgan fingerprint density at radius 3 is 3.17 bits per heavy atom.